The number of imidazole rings is 1. The molecular formula is C15H12F3N3. The first kappa shape index (κ1) is 13.6. The van der Waals surface area contributed by atoms with Gasteiger partial charge in [0.25, 0.3) is 0 Å². The Labute approximate surface area is 119 Å². The molecule has 0 spiro atoms. The average molecular weight is 291 g/mol. The van der Waals surface area contributed by atoms with Gasteiger partial charge < -0.3 is 0 Å². The molecular weight excluding hydrogens is 279 g/mol. The van der Waals surface area contributed by atoms with Gasteiger partial charge in [0.05, 0.1) is 11.3 Å². The van der Waals surface area contributed by atoms with Crippen LogP contribution in [-0.2, 0) is 6.18 Å². The SMILES string of the molecule is Cc1cc(C)n2cc(-c3cccc(C(F)(F)F)c3)nc2n1. The minimum Gasteiger partial charge on any atom is -0.288 e. The zero-order valence-corrected chi connectivity index (χ0v) is 11.4. The third-order valence-corrected chi connectivity index (χ3v) is 3.25. The van der Waals surface area contributed by atoms with Crippen molar-refractivity contribution >= 4 is 5.78 Å². The van der Waals surface area contributed by atoms with E-state index in [1.807, 2.05) is 19.9 Å². The van der Waals surface area contributed by atoms with E-state index in [1.165, 1.54) is 6.07 Å². The van der Waals surface area contributed by atoms with Crippen LogP contribution in [0.1, 0.15) is 17.0 Å². The van der Waals surface area contributed by atoms with E-state index in [9.17, 15) is 13.2 Å². The Morgan fingerprint density at radius 2 is 1.81 bits per heavy atom. The van der Waals surface area contributed by atoms with Gasteiger partial charge in [0.15, 0.2) is 0 Å². The van der Waals surface area contributed by atoms with Gasteiger partial charge >= 0.3 is 6.18 Å². The molecule has 0 bridgehead atoms. The second-order valence-corrected chi connectivity index (χ2v) is 4.91. The molecule has 0 aliphatic heterocycles. The lowest BCUT2D eigenvalue weighted by Gasteiger charge is -2.07. The summed E-state index contributed by atoms with van der Waals surface area (Å²) in [6, 6.07) is 7.04. The Morgan fingerprint density at radius 3 is 2.52 bits per heavy atom. The number of aromatic nitrogens is 3. The maximum atomic E-state index is 12.8. The predicted molar refractivity (Wildman–Crippen MR) is 72.9 cm³/mol. The molecule has 3 rings (SSSR count). The van der Waals surface area contributed by atoms with E-state index in [1.54, 1.807) is 16.7 Å². The summed E-state index contributed by atoms with van der Waals surface area (Å²) in [7, 11) is 0. The van der Waals surface area contributed by atoms with E-state index in [-0.39, 0.29) is 0 Å². The molecule has 0 unspecified atom stereocenters. The second-order valence-electron chi connectivity index (χ2n) is 4.91. The Morgan fingerprint density at radius 1 is 1.05 bits per heavy atom. The van der Waals surface area contributed by atoms with Gasteiger partial charge in [0, 0.05) is 23.1 Å². The lowest BCUT2D eigenvalue weighted by Crippen LogP contribution is -2.04. The predicted octanol–water partition coefficient (Wildman–Crippen LogP) is 4.03. The smallest absolute Gasteiger partial charge is 0.288 e. The van der Waals surface area contributed by atoms with Crippen LogP contribution >= 0.6 is 0 Å². The second kappa shape index (κ2) is 4.58. The molecule has 1 aromatic carbocycles. The number of alkyl halides is 3. The lowest BCUT2D eigenvalue weighted by atomic mass is 10.1. The van der Waals surface area contributed by atoms with Crippen molar-refractivity contribution in [1.29, 1.82) is 0 Å². The molecule has 2 heterocycles. The monoisotopic (exact) mass is 291 g/mol. The summed E-state index contributed by atoms with van der Waals surface area (Å²) in [4.78, 5) is 8.60. The zero-order chi connectivity index (χ0) is 15.2. The van der Waals surface area contributed by atoms with Crippen molar-refractivity contribution in [2.24, 2.45) is 0 Å². The third-order valence-electron chi connectivity index (χ3n) is 3.25. The Kier molecular flexibility index (Phi) is 2.97. The van der Waals surface area contributed by atoms with Crippen molar-refractivity contribution in [2.75, 3.05) is 0 Å². The van der Waals surface area contributed by atoms with Gasteiger partial charge in [0.2, 0.25) is 5.78 Å². The maximum Gasteiger partial charge on any atom is 0.416 e. The van der Waals surface area contributed by atoms with Gasteiger partial charge in [-0.3, -0.25) is 4.40 Å². The van der Waals surface area contributed by atoms with Crippen LogP contribution in [0.2, 0.25) is 0 Å². The standard InChI is InChI=1S/C15H12F3N3/c1-9-6-10(2)21-8-13(20-14(21)19-9)11-4-3-5-12(7-11)15(16,17)18/h3-8H,1-2H3. The molecule has 21 heavy (non-hydrogen) atoms. The van der Waals surface area contributed by atoms with Crippen molar-refractivity contribution in [3.8, 4) is 11.3 Å². The number of fused-ring (bicyclic) bond motifs is 1. The van der Waals surface area contributed by atoms with Gasteiger partial charge in [-0.15, -0.1) is 0 Å². The topological polar surface area (TPSA) is 30.2 Å². The van der Waals surface area contributed by atoms with Crippen molar-refractivity contribution in [3.63, 3.8) is 0 Å². The van der Waals surface area contributed by atoms with Crippen LogP contribution < -0.4 is 0 Å². The largest absolute Gasteiger partial charge is 0.416 e. The summed E-state index contributed by atoms with van der Waals surface area (Å²) in [5.74, 6) is 0.486. The summed E-state index contributed by atoms with van der Waals surface area (Å²) in [5.41, 5.74) is 1.97. The zero-order valence-electron chi connectivity index (χ0n) is 11.4. The molecule has 0 saturated heterocycles. The molecule has 108 valence electrons. The van der Waals surface area contributed by atoms with Crippen LogP contribution in [0.15, 0.2) is 36.5 Å². The molecule has 3 aromatic rings. The first-order chi connectivity index (χ1) is 9.84. The fourth-order valence-corrected chi connectivity index (χ4v) is 2.26. The van der Waals surface area contributed by atoms with Gasteiger partial charge in [0.1, 0.15) is 0 Å². The fraction of sp³-hybridized carbons (Fsp3) is 0.200. The van der Waals surface area contributed by atoms with Gasteiger partial charge in [-0.05, 0) is 32.0 Å². The van der Waals surface area contributed by atoms with E-state index in [0.717, 1.165) is 23.5 Å². The van der Waals surface area contributed by atoms with Crippen molar-refractivity contribution in [3.05, 3.63) is 53.5 Å². The van der Waals surface area contributed by atoms with Crippen LogP contribution in [0.25, 0.3) is 17.0 Å². The first-order valence-electron chi connectivity index (χ1n) is 6.35. The molecule has 6 heteroatoms. The van der Waals surface area contributed by atoms with Crippen LogP contribution in [0.4, 0.5) is 13.2 Å². The Balaban J connectivity index is 2.15. The molecule has 0 amide bonds. The molecule has 0 aliphatic carbocycles. The highest BCUT2D eigenvalue weighted by molar-refractivity contribution is 5.62. The number of hydrogen-bond donors (Lipinski definition) is 0. The normalized spacial score (nSPS) is 12.0. The highest BCUT2D eigenvalue weighted by Gasteiger charge is 2.30. The molecule has 0 saturated carbocycles. The molecule has 0 N–H and O–H groups in total. The van der Waals surface area contributed by atoms with Crippen molar-refractivity contribution in [1.82, 2.24) is 14.4 Å². The van der Waals surface area contributed by atoms with E-state index in [4.69, 9.17) is 0 Å². The van der Waals surface area contributed by atoms with Gasteiger partial charge in [-0.25, -0.2) is 9.97 Å². The van der Waals surface area contributed by atoms with Gasteiger partial charge in [-0.1, -0.05) is 12.1 Å². The number of rotatable bonds is 1. The average Bonchev–Trinajstić information content (AvgIpc) is 2.82. The minimum atomic E-state index is -4.36. The number of nitrogens with zero attached hydrogens (tertiary/aromatic N) is 3. The van der Waals surface area contributed by atoms with Crippen LogP contribution in [0, 0.1) is 13.8 Å². The van der Waals surface area contributed by atoms with Crippen molar-refractivity contribution in [2.45, 2.75) is 20.0 Å². The van der Waals surface area contributed by atoms with Crippen LogP contribution in [0.5, 0.6) is 0 Å². The summed E-state index contributed by atoms with van der Waals surface area (Å²) < 4.78 is 40.1. The molecule has 0 radical (unpaired) electrons. The van der Waals surface area contributed by atoms with Crippen molar-refractivity contribution < 1.29 is 13.2 Å². The minimum absolute atomic E-state index is 0.423. The number of benzene rings is 1. The summed E-state index contributed by atoms with van der Waals surface area (Å²) in [6.45, 7) is 3.75. The van der Waals surface area contributed by atoms with E-state index in [2.05, 4.69) is 9.97 Å². The molecule has 0 fully saturated rings. The number of halogens is 3. The molecule has 2 aromatic heterocycles. The number of hydrogen-bond acceptors (Lipinski definition) is 2. The highest BCUT2D eigenvalue weighted by atomic mass is 19.4. The van der Waals surface area contributed by atoms with Crippen LogP contribution in [-0.4, -0.2) is 14.4 Å². The molecule has 0 atom stereocenters. The Hall–Kier alpha value is -2.37. The number of aryl methyl sites for hydroxylation is 2. The lowest BCUT2D eigenvalue weighted by molar-refractivity contribution is -0.137. The first-order valence-corrected chi connectivity index (χ1v) is 6.35. The summed E-state index contributed by atoms with van der Waals surface area (Å²) >= 11 is 0. The van der Waals surface area contributed by atoms with E-state index >= 15 is 0 Å². The molecule has 0 aliphatic rings. The van der Waals surface area contributed by atoms with E-state index < -0.39 is 11.7 Å². The van der Waals surface area contributed by atoms with Gasteiger partial charge in [-0.2, -0.15) is 13.2 Å². The third kappa shape index (κ3) is 2.49. The maximum absolute atomic E-state index is 12.8. The molecule has 3 nitrogen and oxygen atoms in total. The Bertz CT molecular complexity index is 819. The summed E-state index contributed by atoms with van der Waals surface area (Å²) in [5, 5.41) is 0. The quantitative estimate of drug-likeness (QED) is 0.677. The fourth-order valence-electron chi connectivity index (χ4n) is 2.26. The highest BCUT2D eigenvalue weighted by Crippen LogP contribution is 2.32. The van der Waals surface area contributed by atoms with E-state index in [0.29, 0.717) is 17.0 Å². The summed E-state index contributed by atoms with van der Waals surface area (Å²) in [6.07, 6.45) is -2.66. The van der Waals surface area contributed by atoms with Crippen LogP contribution in [0.3, 0.4) is 0 Å².